The molecule has 0 saturated heterocycles. The molecule has 0 fully saturated rings. The lowest BCUT2D eigenvalue weighted by Gasteiger charge is -2.43. The van der Waals surface area contributed by atoms with Gasteiger partial charge in [-0.2, -0.15) is 13.2 Å². The second-order valence-corrected chi connectivity index (χ2v) is 7.62. The summed E-state index contributed by atoms with van der Waals surface area (Å²) in [4.78, 5) is 16.1. The van der Waals surface area contributed by atoms with E-state index in [1.165, 1.54) is 6.08 Å². The number of amidine groups is 1. The average Bonchev–Trinajstić information content (AvgIpc) is 2.57. The van der Waals surface area contributed by atoms with E-state index in [-0.39, 0.29) is 11.5 Å². The largest absolute Gasteiger partial charge is 0.444 e. The predicted octanol–water partition coefficient (Wildman–Crippen LogP) is 4.34. The van der Waals surface area contributed by atoms with Crippen LogP contribution in [0.2, 0.25) is 0 Å². The molecule has 2 N–H and O–H groups in total. The normalized spacial score (nSPS) is 21.0. The fourth-order valence-electron chi connectivity index (χ4n) is 3.26. The van der Waals surface area contributed by atoms with Gasteiger partial charge >= 0.3 is 12.3 Å². The van der Waals surface area contributed by atoms with Gasteiger partial charge in [0.1, 0.15) is 16.8 Å². The minimum Gasteiger partial charge on any atom is -0.444 e. The SMILES string of the molecule is CC(C)(C)OC(=O)NCC1(C(F)(F)F)C2=CC=CN(O)C2=Nc2ccc(F)cc21. The van der Waals surface area contributed by atoms with Crippen LogP contribution in [0.15, 0.2) is 47.1 Å². The van der Waals surface area contributed by atoms with Crippen molar-refractivity contribution in [2.75, 3.05) is 6.54 Å². The van der Waals surface area contributed by atoms with Gasteiger partial charge in [-0.1, -0.05) is 6.08 Å². The van der Waals surface area contributed by atoms with Crippen LogP contribution in [0.25, 0.3) is 0 Å². The van der Waals surface area contributed by atoms with Gasteiger partial charge in [-0.05, 0) is 45.0 Å². The standard InChI is InChI=1S/C19H19F4N3O3/c1-17(2,3)29-16(27)24-10-18(19(21,22)23)12-5-4-8-26(28)15(12)25-14-7-6-11(20)9-13(14)18/h4-9,28H,10H2,1-3H3,(H,24,27). The molecule has 10 heteroatoms. The number of hydroxylamine groups is 2. The smallest absolute Gasteiger partial charge is 0.407 e. The van der Waals surface area contributed by atoms with Crippen molar-refractivity contribution in [3.8, 4) is 0 Å². The van der Waals surface area contributed by atoms with E-state index >= 15 is 0 Å². The number of nitrogens with zero attached hydrogens (tertiary/aromatic N) is 2. The fraction of sp³-hybridized carbons (Fsp3) is 0.368. The maximum atomic E-state index is 14.6. The van der Waals surface area contributed by atoms with E-state index in [0.717, 1.165) is 30.5 Å². The summed E-state index contributed by atoms with van der Waals surface area (Å²) in [5.41, 5.74) is -4.85. The molecule has 0 spiro atoms. The minimum atomic E-state index is -4.97. The molecule has 1 amide bonds. The Morgan fingerprint density at radius 1 is 1.31 bits per heavy atom. The van der Waals surface area contributed by atoms with E-state index in [1.807, 2.05) is 0 Å². The number of allylic oxidation sites excluding steroid dienone is 2. The monoisotopic (exact) mass is 413 g/mol. The maximum absolute atomic E-state index is 14.6. The average molecular weight is 413 g/mol. The number of carbonyl (C=O) groups is 1. The summed E-state index contributed by atoms with van der Waals surface area (Å²) < 4.78 is 62.6. The molecule has 0 bridgehead atoms. The third-order valence-electron chi connectivity index (χ3n) is 4.43. The third kappa shape index (κ3) is 3.71. The molecule has 1 atom stereocenters. The molecule has 1 aromatic rings. The van der Waals surface area contributed by atoms with Gasteiger partial charge in [0, 0.05) is 23.9 Å². The van der Waals surface area contributed by atoms with Crippen LogP contribution < -0.4 is 5.32 Å². The molecule has 2 aliphatic heterocycles. The summed E-state index contributed by atoms with van der Waals surface area (Å²) in [5, 5.41) is 12.6. The molecule has 6 nitrogen and oxygen atoms in total. The number of halogens is 4. The van der Waals surface area contributed by atoms with Crippen molar-refractivity contribution in [3.05, 3.63) is 53.5 Å². The van der Waals surface area contributed by atoms with E-state index in [2.05, 4.69) is 10.3 Å². The van der Waals surface area contributed by atoms with Crippen LogP contribution in [0.5, 0.6) is 0 Å². The van der Waals surface area contributed by atoms with Gasteiger partial charge in [0.25, 0.3) is 0 Å². The Kier molecular flexibility index (Phi) is 4.94. The molecule has 29 heavy (non-hydrogen) atoms. The Morgan fingerprint density at radius 3 is 2.62 bits per heavy atom. The Morgan fingerprint density at radius 2 is 2.00 bits per heavy atom. The number of amides is 1. The van der Waals surface area contributed by atoms with Crippen molar-refractivity contribution < 1.29 is 32.3 Å². The van der Waals surface area contributed by atoms with Gasteiger partial charge in [0.15, 0.2) is 5.84 Å². The number of aliphatic imine (C=N–C) groups is 1. The molecular formula is C19H19F4N3O3. The van der Waals surface area contributed by atoms with Crippen molar-refractivity contribution >= 4 is 17.6 Å². The molecule has 0 radical (unpaired) electrons. The summed E-state index contributed by atoms with van der Waals surface area (Å²) in [7, 11) is 0. The minimum absolute atomic E-state index is 0.170. The fourth-order valence-corrected chi connectivity index (χ4v) is 3.26. The van der Waals surface area contributed by atoms with Gasteiger partial charge in [-0.15, -0.1) is 0 Å². The molecule has 3 rings (SSSR count). The highest BCUT2D eigenvalue weighted by Gasteiger charge is 2.62. The first-order valence-electron chi connectivity index (χ1n) is 8.65. The third-order valence-corrected chi connectivity index (χ3v) is 4.43. The molecule has 2 aliphatic rings. The molecule has 0 saturated carbocycles. The van der Waals surface area contributed by atoms with Crippen LogP contribution in [0.3, 0.4) is 0 Å². The summed E-state index contributed by atoms with van der Waals surface area (Å²) in [5.74, 6) is -1.25. The van der Waals surface area contributed by atoms with Crippen molar-refractivity contribution in [3.63, 3.8) is 0 Å². The first kappa shape index (κ1) is 20.8. The van der Waals surface area contributed by atoms with E-state index in [1.54, 1.807) is 20.8 Å². The summed E-state index contributed by atoms with van der Waals surface area (Å²) in [6.07, 6.45) is -2.57. The number of alkyl carbamates (subject to hydrolysis) is 1. The number of rotatable bonds is 2. The van der Waals surface area contributed by atoms with Crippen molar-refractivity contribution in [1.29, 1.82) is 0 Å². The highest BCUT2D eigenvalue weighted by molar-refractivity contribution is 6.05. The van der Waals surface area contributed by atoms with Crippen LogP contribution in [-0.2, 0) is 10.2 Å². The highest BCUT2D eigenvalue weighted by Crippen LogP contribution is 2.53. The molecule has 0 aromatic heterocycles. The Hall–Kier alpha value is -2.88. The number of benzene rings is 1. The van der Waals surface area contributed by atoms with Crippen LogP contribution in [0.4, 0.5) is 28.0 Å². The van der Waals surface area contributed by atoms with Gasteiger partial charge in [0.2, 0.25) is 0 Å². The molecule has 0 aliphatic carbocycles. The van der Waals surface area contributed by atoms with E-state index < -0.39 is 46.8 Å². The maximum Gasteiger partial charge on any atom is 0.407 e. The number of hydrogen-bond acceptors (Lipinski definition) is 5. The van der Waals surface area contributed by atoms with Gasteiger partial charge in [0.05, 0.1) is 5.69 Å². The zero-order valence-corrected chi connectivity index (χ0v) is 15.8. The van der Waals surface area contributed by atoms with Gasteiger partial charge in [-0.3, -0.25) is 5.21 Å². The highest BCUT2D eigenvalue weighted by atomic mass is 19.4. The first-order chi connectivity index (χ1) is 13.3. The summed E-state index contributed by atoms with van der Waals surface area (Å²) in [6.45, 7) is 3.73. The summed E-state index contributed by atoms with van der Waals surface area (Å²) >= 11 is 0. The Labute approximate surface area is 164 Å². The number of alkyl halides is 3. The number of ether oxygens (including phenoxy) is 1. The second-order valence-electron chi connectivity index (χ2n) is 7.62. The van der Waals surface area contributed by atoms with Crippen molar-refractivity contribution in [2.24, 2.45) is 4.99 Å². The number of nitrogens with one attached hydrogen (secondary N) is 1. The Bertz CT molecular complexity index is 932. The van der Waals surface area contributed by atoms with Crippen LogP contribution in [0.1, 0.15) is 26.3 Å². The first-order valence-corrected chi connectivity index (χ1v) is 8.65. The Balaban J connectivity index is 2.17. The number of fused-ring (bicyclic) bond motifs is 2. The number of hydrogen-bond donors (Lipinski definition) is 2. The predicted molar refractivity (Wildman–Crippen MR) is 96.3 cm³/mol. The lowest BCUT2D eigenvalue weighted by Crippen LogP contribution is -2.56. The zero-order valence-electron chi connectivity index (χ0n) is 15.8. The molecule has 1 unspecified atom stereocenters. The molecule has 156 valence electrons. The lowest BCUT2D eigenvalue weighted by atomic mass is 9.69. The van der Waals surface area contributed by atoms with Crippen LogP contribution in [-0.4, -0.2) is 40.5 Å². The summed E-state index contributed by atoms with van der Waals surface area (Å²) in [6, 6.07) is 2.80. The molecular weight excluding hydrogens is 394 g/mol. The topological polar surface area (TPSA) is 74.2 Å². The van der Waals surface area contributed by atoms with E-state index in [9.17, 15) is 27.6 Å². The van der Waals surface area contributed by atoms with E-state index in [0.29, 0.717) is 5.06 Å². The van der Waals surface area contributed by atoms with Crippen LogP contribution >= 0.6 is 0 Å². The quantitative estimate of drug-likeness (QED) is 0.708. The zero-order chi connectivity index (χ0) is 21.6. The number of carbonyl (C=O) groups excluding carboxylic acids is 1. The van der Waals surface area contributed by atoms with Gasteiger partial charge in [-0.25, -0.2) is 19.2 Å². The molecule has 2 heterocycles. The van der Waals surface area contributed by atoms with Crippen molar-refractivity contribution in [1.82, 2.24) is 10.4 Å². The van der Waals surface area contributed by atoms with E-state index in [4.69, 9.17) is 4.74 Å². The molecule has 1 aromatic carbocycles. The van der Waals surface area contributed by atoms with Crippen molar-refractivity contribution in [2.45, 2.75) is 38.0 Å². The van der Waals surface area contributed by atoms with Crippen LogP contribution in [0, 0.1) is 5.82 Å². The second kappa shape index (κ2) is 6.87. The lowest BCUT2D eigenvalue weighted by molar-refractivity contribution is -0.177. The van der Waals surface area contributed by atoms with Gasteiger partial charge < -0.3 is 10.1 Å².